The third-order valence-electron chi connectivity index (χ3n) is 3.03. The van der Waals surface area contributed by atoms with Gasteiger partial charge in [0, 0.05) is 6.54 Å². The lowest BCUT2D eigenvalue weighted by Crippen LogP contribution is -2.33. The zero-order chi connectivity index (χ0) is 14.3. The van der Waals surface area contributed by atoms with Gasteiger partial charge in [-0.2, -0.15) is 0 Å². The zero-order valence-corrected chi connectivity index (χ0v) is 12.2. The van der Waals surface area contributed by atoms with Gasteiger partial charge in [-0.15, -0.1) is 0 Å². The smallest absolute Gasteiger partial charge is 0.233 e. The van der Waals surface area contributed by atoms with Crippen LogP contribution in [-0.2, 0) is 11.2 Å². The lowest BCUT2D eigenvalue weighted by Gasteiger charge is -2.13. The molecule has 106 valence electrons. The molecule has 1 amide bonds. The summed E-state index contributed by atoms with van der Waals surface area (Å²) in [6, 6.07) is 6.28. The van der Waals surface area contributed by atoms with Crippen molar-refractivity contribution >= 4 is 5.91 Å². The number of amides is 1. The average Bonchev–Trinajstić information content (AvgIpc) is 2.39. The summed E-state index contributed by atoms with van der Waals surface area (Å²) in [6.45, 7) is 5.29. The third kappa shape index (κ3) is 4.91. The summed E-state index contributed by atoms with van der Waals surface area (Å²) < 4.78 is 5.42. The summed E-state index contributed by atoms with van der Waals surface area (Å²) in [5, 5.41) is 5.69. The molecule has 0 aromatic heterocycles. The van der Waals surface area contributed by atoms with Crippen molar-refractivity contribution in [2.45, 2.75) is 26.2 Å². The number of ether oxygens (including phenoxy) is 1. The number of rotatable bonds is 7. The third-order valence-corrected chi connectivity index (χ3v) is 3.03. The summed E-state index contributed by atoms with van der Waals surface area (Å²) >= 11 is 0. The Morgan fingerprint density at radius 1 is 1.37 bits per heavy atom. The van der Waals surface area contributed by atoms with E-state index < -0.39 is 0 Å². The van der Waals surface area contributed by atoms with Gasteiger partial charge in [0.1, 0.15) is 5.75 Å². The number of carbonyl (C=O) groups is 1. The molecule has 0 radical (unpaired) electrons. The fraction of sp³-hybridized carbons (Fsp3) is 0.533. The molecule has 0 unspecified atom stereocenters. The van der Waals surface area contributed by atoms with Gasteiger partial charge in [0.05, 0.1) is 13.7 Å². The van der Waals surface area contributed by atoms with Crippen LogP contribution in [-0.4, -0.2) is 33.2 Å². The molecular formula is C15H24N2O2. The second-order valence-electron chi connectivity index (χ2n) is 4.86. The van der Waals surface area contributed by atoms with Crippen LogP contribution in [0.1, 0.15) is 30.9 Å². The molecule has 0 saturated carbocycles. The van der Waals surface area contributed by atoms with Gasteiger partial charge in [0.15, 0.2) is 0 Å². The molecule has 0 heterocycles. The minimum absolute atomic E-state index is 0.0141. The first-order chi connectivity index (χ1) is 9.08. The van der Waals surface area contributed by atoms with Gasteiger partial charge in [0.25, 0.3) is 0 Å². The Morgan fingerprint density at radius 2 is 2.11 bits per heavy atom. The van der Waals surface area contributed by atoms with Crippen molar-refractivity contribution in [1.82, 2.24) is 10.6 Å². The van der Waals surface area contributed by atoms with Gasteiger partial charge >= 0.3 is 0 Å². The molecule has 0 spiro atoms. The predicted molar refractivity (Wildman–Crippen MR) is 77.7 cm³/mol. The van der Waals surface area contributed by atoms with Crippen molar-refractivity contribution < 1.29 is 9.53 Å². The molecule has 0 bridgehead atoms. The van der Waals surface area contributed by atoms with Crippen molar-refractivity contribution in [3.05, 3.63) is 29.3 Å². The Labute approximate surface area is 115 Å². The van der Waals surface area contributed by atoms with E-state index in [1.807, 2.05) is 0 Å². The number of methoxy groups -OCH3 is 1. The molecule has 4 nitrogen and oxygen atoms in total. The van der Waals surface area contributed by atoms with Crippen molar-refractivity contribution in [2.75, 3.05) is 27.2 Å². The minimum Gasteiger partial charge on any atom is -0.496 e. The first-order valence-corrected chi connectivity index (χ1v) is 6.66. The number of carbonyl (C=O) groups excluding carboxylic acids is 1. The SMILES string of the molecule is CNCC(=O)NCCc1ccc(C(C)C)cc1OC. The lowest BCUT2D eigenvalue weighted by molar-refractivity contribution is -0.120. The second kappa shape index (κ2) is 7.79. The van der Waals surface area contributed by atoms with Crippen molar-refractivity contribution in [3.8, 4) is 5.75 Å². The molecular weight excluding hydrogens is 240 g/mol. The van der Waals surface area contributed by atoms with Crippen LogP contribution in [0.3, 0.4) is 0 Å². The predicted octanol–water partition coefficient (Wildman–Crippen LogP) is 1.70. The van der Waals surface area contributed by atoms with Gasteiger partial charge in [-0.25, -0.2) is 0 Å². The van der Waals surface area contributed by atoms with Crippen LogP contribution >= 0.6 is 0 Å². The molecule has 0 aliphatic carbocycles. The highest BCUT2D eigenvalue weighted by molar-refractivity contribution is 5.77. The van der Waals surface area contributed by atoms with E-state index >= 15 is 0 Å². The molecule has 0 aliphatic heterocycles. The van der Waals surface area contributed by atoms with E-state index in [2.05, 4.69) is 42.7 Å². The van der Waals surface area contributed by atoms with Crippen molar-refractivity contribution in [1.29, 1.82) is 0 Å². The Bertz CT molecular complexity index is 417. The Balaban J connectivity index is 2.60. The summed E-state index contributed by atoms with van der Waals surface area (Å²) in [5.74, 6) is 1.40. The van der Waals surface area contributed by atoms with Crippen LogP contribution in [0.5, 0.6) is 5.75 Å². The molecule has 0 aliphatic rings. The van der Waals surface area contributed by atoms with Gasteiger partial charge in [-0.3, -0.25) is 4.79 Å². The standard InChI is InChI=1S/C15H24N2O2/c1-11(2)13-6-5-12(14(9-13)19-4)7-8-17-15(18)10-16-3/h5-6,9,11,16H,7-8,10H2,1-4H3,(H,17,18). The van der Waals surface area contributed by atoms with E-state index in [1.54, 1.807) is 14.2 Å². The Morgan fingerprint density at radius 3 is 2.68 bits per heavy atom. The number of nitrogens with one attached hydrogen (secondary N) is 2. The number of hydrogen-bond donors (Lipinski definition) is 2. The van der Waals surface area contributed by atoms with Crippen LogP contribution in [0.25, 0.3) is 0 Å². The van der Waals surface area contributed by atoms with Gasteiger partial charge in [-0.1, -0.05) is 26.0 Å². The maximum atomic E-state index is 11.3. The van der Waals surface area contributed by atoms with E-state index in [4.69, 9.17) is 4.74 Å². The zero-order valence-electron chi connectivity index (χ0n) is 12.2. The molecule has 1 aromatic rings. The lowest BCUT2D eigenvalue weighted by atomic mass is 10.00. The van der Waals surface area contributed by atoms with Crippen molar-refractivity contribution in [2.24, 2.45) is 0 Å². The summed E-state index contributed by atoms with van der Waals surface area (Å²) in [4.78, 5) is 11.3. The van der Waals surface area contributed by atoms with E-state index in [-0.39, 0.29) is 5.91 Å². The summed E-state index contributed by atoms with van der Waals surface area (Å²) in [7, 11) is 3.44. The van der Waals surface area contributed by atoms with Gasteiger partial charge < -0.3 is 15.4 Å². The second-order valence-corrected chi connectivity index (χ2v) is 4.86. The molecule has 2 N–H and O–H groups in total. The number of hydrogen-bond acceptors (Lipinski definition) is 3. The van der Waals surface area contributed by atoms with E-state index in [0.29, 0.717) is 19.0 Å². The topological polar surface area (TPSA) is 50.4 Å². The normalized spacial score (nSPS) is 10.6. The highest BCUT2D eigenvalue weighted by Crippen LogP contribution is 2.24. The minimum atomic E-state index is 0.0141. The number of benzene rings is 1. The average molecular weight is 264 g/mol. The first-order valence-electron chi connectivity index (χ1n) is 6.66. The maximum Gasteiger partial charge on any atom is 0.233 e. The molecule has 0 atom stereocenters. The van der Waals surface area contributed by atoms with E-state index in [9.17, 15) is 4.79 Å². The largest absolute Gasteiger partial charge is 0.496 e. The fourth-order valence-electron chi connectivity index (χ4n) is 1.89. The Hall–Kier alpha value is -1.55. The van der Waals surface area contributed by atoms with Crippen LogP contribution in [0.4, 0.5) is 0 Å². The quantitative estimate of drug-likeness (QED) is 0.788. The van der Waals surface area contributed by atoms with Crippen LogP contribution in [0, 0.1) is 0 Å². The fourth-order valence-corrected chi connectivity index (χ4v) is 1.89. The van der Waals surface area contributed by atoms with Gasteiger partial charge in [0.2, 0.25) is 5.91 Å². The maximum absolute atomic E-state index is 11.3. The molecule has 1 aromatic carbocycles. The summed E-state index contributed by atoms with van der Waals surface area (Å²) in [5.41, 5.74) is 2.39. The first kappa shape index (κ1) is 15.5. The van der Waals surface area contributed by atoms with Crippen LogP contribution < -0.4 is 15.4 Å². The highest BCUT2D eigenvalue weighted by atomic mass is 16.5. The summed E-state index contributed by atoms with van der Waals surface area (Å²) in [6.07, 6.45) is 0.775. The van der Waals surface area contributed by atoms with E-state index in [1.165, 1.54) is 5.56 Å². The monoisotopic (exact) mass is 264 g/mol. The van der Waals surface area contributed by atoms with Crippen molar-refractivity contribution in [3.63, 3.8) is 0 Å². The van der Waals surface area contributed by atoms with Crippen LogP contribution in [0.15, 0.2) is 18.2 Å². The van der Waals surface area contributed by atoms with Crippen LogP contribution in [0.2, 0.25) is 0 Å². The highest BCUT2D eigenvalue weighted by Gasteiger charge is 2.07. The number of likely N-dealkylation sites (N-methyl/N-ethyl adjacent to an activating group) is 1. The van der Waals surface area contributed by atoms with Gasteiger partial charge in [-0.05, 0) is 36.6 Å². The van der Waals surface area contributed by atoms with E-state index in [0.717, 1.165) is 17.7 Å². The molecule has 0 fully saturated rings. The molecule has 4 heteroatoms. The molecule has 0 saturated heterocycles. The molecule has 19 heavy (non-hydrogen) atoms. The Kier molecular flexibility index (Phi) is 6.36. The molecule has 1 rings (SSSR count).